The van der Waals surface area contributed by atoms with Crippen molar-refractivity contribution < 1.29 is 13.6 Å². The zero-order valence-electron chi connectivity index (χ0n) is 21.0. The SMILES string of the molecule is Cc1ccc2c(N3CCN(CCc4c(F)ccc(NC(=O)c5ccccc5)c4F)CC3)cccc2n1.Cl.Cl. The van der Waals surface area contributed by atoms with E-state index in [1.807, 2.05) is 25.1 Å². The monoisotopic (exact) mass is 558 g/mol. The van der Waals surface area contributed by atoms with Crippen LogP contribution in [0.5, 0.6) is 0 Å². The quantitative estimate of drug-likeness (QED) is 0.302. The molecular weight excluding hydrogens is 529 g/mol. The van der Waals surface area contributed by atoms with E-state index < -0.39 is 17.5 Å². The van der Waals surface area contributed by atoms with Crippen LogP contribution in [0.2, 0.25) is 0 Å². The number of carbonyl (C=O) groups is 1. The van der Waals surface area contributed by atoms with E-state index in [4.69, 9.17) is 0 Å². The van der Waals surface area contributed by atoms with Crippen molar-refractivity contribution in [2.75, 3.05) is 42.9 Å². The van der Waals surface area contributed by atoms with E-state index in [0.717, 1.165) is 42.8 Å². The third-order valence-corrected chi connectivity index (χ3v) is 6.71. The molecule has 1 N–H and O–H groups in total. The molecular formula is C29H30Cl2F2N4O. The Morgan fingerprint density at radius 1 is 0.895 bits per heavy atom. The number of amides is 1. The van der Waals surface area contributed by atoms with Crippen LogP contribution in [0.25, 0.3) is 10.9 Å². The van der Waals surface area contributed by atoms with Crippen LogP contribution in [-0.2, 0) is 6.42 Å². The summed E-state index contributed by atoms with van der Waals surface area (Å²) in [5.74, 6) is -1.74. The summed E-state index contributed by atoms with van der Waals surface area (Å²) in [6.45, 7) is 5.76. The number of nitrogens with one attached hydrogen (secondary N) is 1. The summed E-state index contributed by atoms with van der Waals surface area (Å²) in [4.78, 5) is 21.6. The number of aryl methyl sites for hydroxylation is 1. The average Bonchev–Trinajstić information content (AvgIpc) is 2.90. The van der Waals surface area contributed by atoms with Gasteiger partial charge in [-0.25, -0.2) is 8.78 Å². The summed E-state index contributed by atoms with van der Waals surface area (Å²) in [5.41, 5.74) is 3.55. The van der Waals surface area contributed by atoms with E-state index in [9.17, 15) is 9.18 Å². The Morgan fingerprint density at radius 2 is 1.63 bits per heavy atom. The van der Waals surface area contributed by atoms with Gasteiger partial charge in [0.25, 0.3) is 5.91 Å². The number of pyridine rings is 1. The molecule has 38 heavy (non-hydrogen) atoms. The highest BCUT2D eigenvalue weighted by Gasteiger charge is 2.21. The molecule has 4 aromatic rings. The number of aromatic nitrogens is 1. The van der Waals surface area contributed by atoms with Crippen LogP contribution in [-0.4, -0.2) is 48.5 Å². The topological polar surface area (TPSA) is 48.5 Å². The van der Waals surface area contributed by atoms with Crippen molar-refractivity contribution in [1.29, 1.82) is 0 Å². The molecule has 0 unspecified atom stereocenters. The number of nitrogens with zero attached hydrogens (tertiary/aromatic N) is 3. The minimum absolute atomic E-state index is 0. The van der Waals surface area contributed by atoms with Crippen LogP contribution in [0.15, 0.2) is 72.8 Å². The Morgan fingerprint density at radius 3 is 2.37 bits per heavy atom. The predicted molar refractivity (Wildman–Crippen MR) is 154 cm³/mol. The highest BCUT2D eigenvalue weighted by molar-refractivity contribution is 6.04. The van der Waals surface area contributed by atoms with E-state index in [0.29, 0.717) is 12.1 Å². The van der Waals surface area contributed by atoms with Gasteiger partial charge >= 0.3 is 0 Å². The van der Waals surface area contributed by atoms with E-state index >= 15 is 4.39 Å². The third kappa shape index (κ3) is 6.41. The molecule has 3 aromatic carbocycles. The number of hydrogen-bond donors (Lipinski definition) is 1. The van der Waals surface area contributed by atoms with Crippen molar-refractivity contribution in [1.82, 2.24) is 9.88 Å². The summed E-state index contributed by atoms with van der Waals surface area (Å²) in [6.07, 6.45) is 0.226. The van der Waals surface area contributed by atoms with Gasteiger partial charge in [0.05, 0.1) is 11.2 Å². The number of anilines is 2. The number of rotatable bonds is 6. The van der Waals surface area contributed by atoms with Gasteiger partial charge in [-0.1, -0.05) is 24.3 Å². The van der Waals surface area contributed by atoms with Gasteiger partial charge in [-0.2, -0.15) is 0 Å². The van der Waals surface area contributed by atoms with Gasteiger partial charge in [-0.15, -0.1) is 24.8 Å². The summed E-state index contributed by atoms with van der Waals surface area (Å²) >= 11 is 0. The first kappa shape index (κ1) is 29.3. The van der Waals surface area contributed by atoms with E-state index in [1.165, 1.54) is 17.8 Å². The Balaban J connectivity index is 0.00000200. The average molecular weight is 559 g/mol. The number of halogens is 4. The normalized spacial score (nSPS) is 13.5. The second kappa shape index (κ2) is 13.0. The number of piperazine rings is 1. The highest BCUT2D eigenvalue weighted by Crippen LogP contribution is 2.27. The van der Waals surface area contributed by atoms with Crippen molar-refractivity contribution >= 4 is 53.0 Å². The van der Waals surface area contributed by atoms with Gasteiger partial charge < -0.3 is 10.2 Å². The Labute approximate surface area is 233 Å². The first-order valence-corrected chi connectivity index (χ1v) is 12.2. The predicted octanol–water partition coefficient (Wildman–Crippen LogP) is 6.28. The number of hydrogen-bond acceptors (Lipinski definition) is 4. The molecule has 5 rings (SSSR count). The minimum Gasteiger partial charge on any atom is -0.368 e. The molecule has 0 saturated carbocycles. The largest absolute Gasteiger partial charge is 0.368 e. The van der Waals surface area contributed by atoms with Crippen LogP contribution >= 0.6 is 24.8 Å². The maximum absolute atomic E-state index is 15.1. The fourth-order valence-electron chi connectivity index (χ4n) is 4.71. The Bertz CT molecular complexity index is 1400. The van der Waals surface area contributed by atoms with Crippen LogP contribution in [0, 0.1) is 18.6 Å². The first-order chi connectivity index (χ1) is 17.5. The molecule has 0 atom stereocenters. The van der Waals surface area contributed by atoms with Crippen molar-refractivity contribution in [3.8, 4) is 0 Å². The molecule has 5 nitrogen and oxygen atoms in total. The lowest BCUT2D eigenvalue weighted by Crippen LogP contribution is -2.47. The van der Waals surface area contributed by atoms with Gasteiger partial charge in [0, 0.05) is 60.6 Å². The number of carbonyl (C=O) groups excluding carboxylic acids is 1. The van der Waals surface area contributed by atoms with Crippen molar-refractivity contribution in [3.05, 3.63) is 101 Å². The highest BCUT2D eigenvalue weighted by atomic mass is 35.5. The molecule has 1 amide bonds. The summed E-state index contributed by atoms with van der Waals surface area (Å²) in [6, 6.07) is 21.4. The van der Waals surface area contributed by atoms with Crippen molar-refractivity contribution in [2.45, 2.75) is 13.3 Å². The van der Waals surface area contributed by atoms with Crippen LogP contribution < -0.4 is 10.2 Å². The standard InChI is InChI=1S/C29H28F2N4O.2ClH/c1-20-10-11-23-25(32-20)8-5-9-27(23)35-18-16-34(17-19-35)15-14-22-24(30)12-13-26(28(22)31)33-29(36)21-6-3-2-4-7-21;;/h2-13H,14-19H2,1H3,(H,33,36);2*1H. The van der Waals surface area contributed by atoms with Crippen molar-refractivity contribution in [2.24, 2.45) is 0 Å². The lowest BCUT2D eigenvalue weighted by atomic mass is 10.1. The maximum atomic E-state index is 15.1. The fourth-order valence-corrected chi connectivity index (χ4v) is 4.71. The molecule has 200 valence electrons. The molecule has 0 aliphatic carbocycles. The van der Waals surface area contributed by atoms with Crippen LogP contribution in [0.4, 0.5) is 20.2 Å². The lowest BCUT2D eigenvalue weighted by Gasteiger charge is -2.36. The fraction of sp³-hybridized carbons (Fsp3) is 0.241. The second-order valence-electron chi connectivity index (χ2n) is 9.08. The van der Waals surface area contributed by atoms with Gasteiger partial charge in [0.2, 0.25) is 0 Å². The molecule has 1 fully saturated rings. The molecule has 1 saturated heterocycles. The lowest BCUT2D eigenvalue weighted by molar-refractivity contribution is 0.102. The summed E-state index contributed by atoms with van der Waals surface area (Å²) < 4.78 is 29.7. The molecule has 2 heterocycles. The molecule has 0 spiro atoms. The Hall–Kier alpha value is -3.26. The number of fused-ring (bicyclic) bond motifs is 1. The van der Waals surface area contributed by atoms with E-state index in [2.05, 4.69) is 32.2 Å². The molecule has 1 aliphatic rings. The third-order valence-electron chi connectivity index (χ3n) is 6.71. The first-order valence-electron chi connectivity index (χ1n) is 12.2. The zero-order valence-corrected chi connectivity index (χ0v) is 22.6. The van der Waals surface area contributed by atoms with Gasteiger partial charge in [0.15, 0.2) is 5.82 Å². The van der Waals surface area contributed by atoms with Gasteiger partial charge in [-0.3, -0.25) is 14.7 Å². The molecule has 0 radical (unpaired) electrons. The smallest absolute Gasteiger partial charge is 0.255 e. The second-order valence-corrected chi connectivity index (χ2v) is 9.08. The van der Waals surface area contributed by atoms with E-state index in [1.54, 1.807) is 30.3 Å². The minimum atomic E-state index is -0.712. The van der Waals surface area contributed by atoms with Crippen LogP contribution in [0.3, 0.4) is 0 Å². The molecule has 0 bridgehead atoms. The van der Waals surface area contributed by atoms with Crippen LogP contribution in [0.1, 0.15) is 21.6 Å². The van der Waals surface area contributed by atoms with Gasteiger partial charge in [-0.05, 0) is 61.9 Å². The zero-order chi connectivity index (χ0) is 25.1. The van der Waals surface area contributed by atoms with Crippen molar-refractivity contribution in [3.63, 3.8) is 0 Å². The Kier molecular flexibility index (Phi) is 10.0. The van der Waals surface area contributed by atoms with E-state index in [-0.39, 0.29) is 42.5 Å². The maximum Gasteiger partial charge on any atom is 0.255 e. The number of benzene rings is 3. The molecule has 1 aliphatic heterocycles. The van der Waals surface area contributed by atoms with Gasteiger partial charge in [0.1, 0.15) is 5.82 Å². The molecule has 1 aromatic heterocycles. The summed E-state index contributed by atoms with van der Waals surface area (Å²) in [7, 11) is 0. The molecule has 9 heteroatoms. The summed E-state index contributed by atoms with van der Waals surface area (Å²) in [5, 5.41) is 3.70.